The van der Waals surface area contributed by atoms with Crippen LogP contribution in [0.3, 0.4) is 0 Å². The van der Waals surface area contributed by atoms with E-state index in [2.05, 4.69) is 34.4 Å². The molecule has 0 saturated carbocycles. The highest BCUT2D eigenvalue weighted by atomic mass is 15.8. The average Bonchev–Trinajstić information content (AvgIpc) is 2.82. The summed E-state index contributed by atoms with van der Waals surface area (Å²) < 4.78 is 1.81. The van der Waals surface area contributed by atoms with Gasteiger partial charge in [-0.25, -0.2) is 9.66 Å². The molecule has 0 bridgehead atoms. The normalized spacial score (nSPS) is 13.9. The molecule has 1 aromatic heterocycles. The number of hydrogen-bond donors (Lipinski definition) is 0. The van der Waals surface area contributed by atoms with Gasteiger partial charge >= 0.3 is 0 Å². The molecule has 3 rings (SSSR count). The van der Waals surface area contributed by atoms with Crippen LogP contribution in [-0.4, -0.2) is 9.66 Å². The Labute approximate surface area is 93.0 Å². The van der Waals surface area contributed by atoms with Gasteiger partial charge in [0.15, 0.2) is 0 Å². The van der Waals surface area contributed by atoms with Gasteiger partial charge in [0.05, 0.1) is 12.2 Å². The third kappa shape index (κ3) is 1.46. The molecule has 5 heteroatoms. The molecule has 0 radical (unpaired) electrons. The minimum absolute atomic E-state index is 0.718. The second-order valence-corrected chi connectivity index (χ2v) is 3.79. The second kappa shape index (κ2) is 3.44. The lowest BCUT2D eigenvalue weighted by Gasteiger charge is -2.22. The molecule has 2 heterocycles. The van der Waals surface area contributed by atoms with E-state index in [0.717, 1.165) is 12.2 Å². The second-order valence-electron chi connectivity index (χ2n) is 3.79. The molecule has 0 spiro atoms. The van der Waals surface area contributed by atoms with Gasteiger partial charge in [-0.05, 0) is 23.8 Å². The van der Waals surface area contributed by atoms with Gasteiger partial charge in [0.2, 0.25) is 0 Å². The van der Waals surface area contributed by atoms with E-state index in [1.54, 1.807) is 17.6 Å². The minimum atomic E-state index is 0.718. The molecule has 0 amide bonds. The molecule has 0 unspecified atom stereocenters. The topological polar surface area (TPSA) is 45.8 Å². The highest BCUT2D eigenvalue weighted by Crippen LogP contribution is 2.26. The van der Waals surface area contributed by atoms with Crippen molar-refractivity contribution in [2.75, 3.05) is 5.12 Å². The van der Waals surface area contributed by atoms with Crippen molar-refractivity contribution in [1.29, 1.82) is 0 Å². The zero-order chi connectivity index (χ0) is 11.0. The smallest absolute Gasteiger partial charge is 0.116 e. The van der Waals surface area contributed by atoms with Gasteiger partial charge in [-0.3, -0.25) is 0 Å². The Morgan fingerprint density at radius 2 is 2.25 bits per heavy atom. The van der Waals surface area contributed by atoms with E-state index >= 15 is 0 Å². The van der Waals surface area contributed by atoms with E-state index in [4.69, 9.17) is 0 Å². The van der Waals surface area contributed by atoms with E-state index in [0.29, 0.717) is 0 Å². The number of aryl methyl sites for hydroxylation is 1. The Morgan fingerprint density at radius 1 is 1.31 bits per heavy atom. The molecular formula is C11H11N5. The van der Waals surface area contributed by atoms with E-state index in [1.807, 2.05) is 16.9 Å². The highest BCUT2D eigenvalue weighted by molar-refractivity contribution is 5.49. The SMILES string of the molecule is Cc1ccc2c(c1)N=NN(n1ccnc1)C2. The predicted octanol–water partition coefficient (Wildman–Crippen LogP) is 2.34. The standard InChI is InChI=1S/C11H11N5/c1-9-2-3-10-7-16(14-13-11(10)6-9)15-5-4-12-8-15/h2-6,8H,7H2,1H3. The fourth-order valence-corrected chi connectivity index (χ4v) is 1.70. The van der Waals surface area contributed by atoms with Crippen LogP contribution >= 0.6 is 0 Å². The fourth-order valence-electron chi connectivity index (χ4n) is 1.70. The van der Waals surface area contributed by atoms with Gasteiger partial charge in [0.25, 0.3) is 0 Å². The van der Waals surface area contributed by atoms with E-state index in [-0.39, 0.29) is 0 Å². The van der Waals surface area contributed by atoms with E-state index in [9.17, 15) is 0 Å². The lowest BCUT2D eigenvalue weighted by atomic mass is 10.1. The number of benzene rings is 1. The number of aromatic nitrogens is 2. The van der Waals surface area contributed by atoms with Crippen LogP contribution in [0.1, 0.15) is 11.1 Å². The maximum absolute atomic E-state index is 4.19. The summed E-state index contributed by atoms with van der Waals surface area (Å²) in [5, 5.41) is 10.1. The number of hydrogen-bond acceptors (Lipinski definition) is 4. The van der Waals surface area contributed by atoms with Crippen LogP contribution < -0.4 is 5.12 Å². The quantitative estimate of drug-likeness (QED) is 0.729. The maximum atomic E-state index is 4.19. The third-order valence-electron chi connectivity index (χ3n) is 2.57. The molecule has 0 fully saturated rings. The molecule has 0 atom stereocenters. The monoisotopic (exact) mass is 213 g/mol. The first kappa shape index (κ1) is 9.08. The minimum Gasteiger partial charge on any atom is -0.243 e. The number of nitrogens with zero attached hydrogens (tertiary/aromatic N) is 5. The molecule has 1 aliphatic rings. The summed E-state index contributed by atoms with van der Waals surface area (Å²) in [6, 6.07) is 6.22. The number of fused-ring (bicyclic) bond motifs is 1. The molecule has 80 valence electrons. The van der Waals surface area contributed by atoms with Crippen molar-refractivity contribution >= 4 is 5.69 Å². The van der Waals surface area contributed by atoms with E-state index in [1.165, 1.54) is 11.1 Å². The predicted molar refractivity (Wildman–Crippen MR) is 59.8 cm³/mol. The van der Waals surface area contributed by atoms with Gasteiger partial charge in [0.1, 0.15) is 6.33 Å². The Kier molecular flexibility index (Phi) is 1.96. The summed E-state index contributed by atoms with van der Waals surface area (Å²) >= 11 is 0. The number of imidazole rings is 1. The molecule has 0 N–H and O–H groups in total. The molecule has 16 heavy (non-hydrogen) atoms. The number of rotatable bonds is 1. The average molecular weight is 213 g/mol. The van der Waals surface area contributed by atoms with E-state index < -0.39 is 0 Å². The summed E-state index contributed by atoms with van der Waals surface area (Å²) in [6.45, 7) is 2.77. The summed E-state index contributed by atoms with van der Waals surface area (Å²) in [5.41, 5.74) is 3.33. The van der Waals surface area contributed by atoms with Crippen molar-refractivity contribution in [3.8, 4) is 0 Å². The van der Waals surface area contributed by atoms with Gasteiger partial charge in [-0.15, -0.1) is 5.11 Å². The molecule has 1 aromatic carbocycles. The van der Waals surface area contributed by atoms with Crippen molar-refractivity contribution in [2.24, 2.45) is 10.3 Å². The summed E-state index contributed by atoms with van der Waals surface area (Å²) in [7, 11) is 0. The highest BCUT2D eigenvalue weighted by Gasteiger charge is 2.13. The summed E-state index contributed by atoms with van der Waals surface area (Å²) in [6.07, 6.45) is 5.27. The third-order valence-corrected chi connectivity index (χ3v) is 2.57. The summed E-state index contributed by atoms with van der Waals surface area (Å²) in [4.78, 5) is 3.99. The lowest BCUT2D eigenvalue weighted by molar-refractivity contribution is 0.566. The van der Waals surface area contributed by atoms with Gasteiger partial charge in [0, 0.05) is 18.0 Å². The van der Waals surface area contributed by atoms with Gasteiger partial charge < -0.3 is 0 Å². The Balaban J connectivity index is 1.96. The van der Waals surface area contributed by atoms with Gasteiger partial charge in [-0.2, -0.15) is 5.12 Å². The van der Waals surface area contributed by atoms with Gasteiger partial charge in [-0.1, -0.05) is 12.1 Å². The van der Waals surface area contributed by atoms with Crippen molar-refractivity contribution in [2.45, 2.75) is 13.5 Å². The maximum Gasteiger partial charge on any atom is 0.116 e. The molecular weight excluding hydrogens is 202 g/mol. The molecule has 0 aliphatic carbocycles. The van der Waals surface area contributed by atoms with Crippen molar-refractivity contribution in [1.82, 2.24) is 9.66 Å². The zero-order valence-electron chi connectivity index (χ0n) is 8.91. The zero-order valence-corrected chi connectivity index (χ0v) is 8.91. The first-order chi connectivity index (χ1) is 7.83. The van der Waals surface area contributed by atoms with Crippen LogP contribution in [0, 0.1) is 6.92 Å². The van der Waals surface area contributed by atoms with Crippen LogP contribution in [0.4, 0.5) is 5.69 Å². The van der Waals surface area contributed by atoms with Crippen LogP contribution in [0.25, 0.3) is 0 Å². The van der Waals surface area contributed by atoms with Crippen molar-refractivity contribution in [3.63, 3.8) is 0 Å². The van der Waals surface area contributed by atoms with Crippen LogP contribution in [0.15, 0.2) is 47.3 Å². The molecule has 0 saturated heterocycles. The first-order valence-corrected chi connectivity index (χ1v) is 5.10. The largest absolute Gasteiger partial charge is 0.243 e. The van der Waals surface area contributed by atoms with Crippen LogP contribution in [-0.2, 0) is 6.54 Å². The molecule has 1 aliphatic heterocycles. The first-order valence-electron chi connectivity index (χ1n) is 5.10. The van der Waals surface area contributed by atoms with Crippen molar-refractivity contribution < 1.29 is 0 Å². The van der Waals surface area contributed by atoms with Crippen molar-refractivity contribution in [3.05, 3.63) is 48.0 Å². The molecule has 2 aromatic rings. The Hall–Kier alpha value is -2.17. The summed E-state index contributed by atoms with van der Waals surface area (Å²) in [5.74, 6) is 0. The fraction of sp³-hybridized carbons (Fsp3) is 0.182. The Bertz CT molecular complexity index is 529. The lowest BCUT2D eigenvalue weighted by Crippen LogP contribution is -2.28. The Morgan fingerprint density at radius 3 is 3.06 bits per heavy atom. The van der Waals surface area contributed by atoms with Crippen LogP contribution in [0.5, 0.6) is 0 Å². The molecule has 5 nitrogen and oxygen atoms in total. The van der Waals surface area contributed by atoms with Crippen LogP contribution in [0.2, 0.25) is 0 Å².